The van der Waals surface area contributed by atoms with Crippen LogP contribution >= 0.6 is 35.0 Å². The van der Waals surface area contributed by atoms with E-state index in [1.165, 1.54) is 0 Å². The monoisotopic (exact) mass is 285 g/mol. The molecule has 0 aromatic heterocycles. The summed E-state index contributed by atoms with van der Waals surface area (Å²) in [4.78, 5) is 0. The standard InChI is InChI=1S/C7H8INO.ClH/c1-10-5-2-3-7(9)6(8)4-5;/h2-4H,9H2,1H3;1H. The number of nitrogens with two attached hydrogens (primary N) is 1. The molecule has 11 heavy (non-hydrogen) atoms. The number of hydrogen-bond donors (Lipinski definition) is 1. The first-order chi connectivity index (χ1) is 4.74. The molecule has 0 spiro atoms. The van der Waals surface area contributed by atoms with Gasteiger partial charge in [-0.05, 0) is 40.8 Å². The molecule has 1 rings (SSSR count). The van der Waals surface area contributed by atoms with Gasteiger partial charge in [-0.3, -0.25) is 0 Å². The molecule has 0 saturated carbocycles. The molecule has 0 heterocycles. The lowest BCUT2D eigenvalue weighted by molar-refractivity contribution is 0.414. The predicted octanol–water partition coefficient (Wildman–Crippen LogP) is 2.30. The Morgan fingerprint density at radius 2 is 2.09 bits per heavy atom. The quantitative estimate of drug-likeness (QED) is 0.635. The molecule has 0 aliphatic heterocycles. The highest BCUT2D eigenvalue weighted by atomic mass is 127. The van der Waals surface area contributed by atoms with Crippen molar-refractivity contribution in [3.63, 3.8) is 0 Å². The van der Waals surface area contributed by atoms with Crippen LogP contribution in [0.3, 0.4) is 0 Å². The van der Waals surface area contributed by atoms with Crippen LogP contribution in [-0.4, -0.2) is 7.11 Å². The van der Waals surface area contributed by atoms with Gasteiger partial charge in [-0.25, -0.2) is 0 Å². The van der Waals surface area contributed by atoms with Crippen molar-refractivity contribution in [2.75, 3.05) is 12.8 Å². The van der Waals surface area contributed by atoms with Gasteiger partial charge < -0.3 is 10.5 Å². The molecule has 1 aromatic carbocycles. The lowest BCUT2D eigenvalue weighted by Gasteiger charge is -2.01. The van der Waals surface area contributed by atoms with Crippen molar-refractivity contribution in [1.82, 2.24) is 0 Å². The molecule has 0 aliphatic carbocycles. The fourth-order valence-electron chi connectivity index (χ4n) is 0.635. The highest BCUT2D eigenvalue weighted by Gasteiger charge is 1.95. The van der Waals surface area contributed by atoms with E-state index < -0.39 is 0 Å². The largest absolute Gasteiger partial charge is 0.497 e. The first kappa shape index (κ1) is 10.8. The zero-order valence-electron chi connectivity index (χ0n) is 6.00. The molecule has 0 atom stereocenters. The van der Waals surface area contributed by atoms with Crippen LogP contribution in [0.4, 0.5) is 5.69 Å². The fraction of sp³-hybridized carbons (Fsp3) is 0.143. The van der Waals surface area contributed by atoms with Crippen molar-refractivity contribution < 1.29 is 4.74 Å². The van der Waals surface area contributed by atoms with Gasteiger partial charge in [0.15, 0.2) is 0 Å². The van der Waals surface area contributed by atoms with Crippen molar-refractivity contribution in [1.29, 1.82) is 0 Å². The molecule has 0 aliphatic rings. The zero-order valence-corrected chi connectivity index (χ0v) is 8.98. The Morgan fingerprint density at radius 3 is 2.55 bits per heavy atom. The molecular formula is C7H9ClINO. The molecule has 0 radical (unpaired) electrons. The van der Waals surface area contributed by atoms with Gasteiger partial charge in [-0.15, -0.1) is 12.4 Å². The minimum atomic E-state index is 0. The van der Waals surface area contributed by atoms with Gasteiger partial charge in [-0.1, -0.05) is 0 Å². The van der Waals surface area contributed by atoms with Gasteiger partial charge >= 0.3 is 0 Å². The molecule has 1 aromatic rings. The lowest BCUT2D eigenvalue weighted by Crippen LogP contribution is -1.89. The molecular weight excluding hydrogens is 276 g/mol. The normalized spacial score (nSPS) is 8.55. The maximum absolute atomic E-state index is 5.58. The number of rotatable bonds is 1. The van der Waals surface area contributed by atoms with Crippen molar-refractivity contribution in [3.8, 4) is 5.75 Å². The summed E-state index contributed by atoms with van der Waals surface area (Å²) in [5.41, 5.74) is 6.37. The van der Waals surface area contributed by atoms with Crippen LogP contribution in [0.1, 0.15) is 0 Å². The highest BCUT2D eigenvalue weighted by Crippen LogP contribution is 2.20. The van der Waals surface area contributed by atoms with E-state index in [4.69, 9.17) is 10.5 Å². The summed E-state index contributed by atoms with van der Waals surface area (Å²) in [5, 5.41) is 0. The number of halogens is 2. The summed E-state index contributed by atoms with van der Waals surface area (Å²) in [5.74, 6) is 0.846. The summed E-state index contributed by atoms with van der Waals surface area (Å²) >= 11 is 2.17. The van der Waals surface area contributed by atoms with Crippen LogP contribution in [0.15, 0.2) is 18.2 Å². The third-order valence-electron chi connectivity index (χ3n) is 1.21. The number of anilines is 1. The molecule has 0 saturated heterocycles. The minimum Gasteiger partial charge on any atom is -0.497 e. The Hall–Kier alpha value is -0.160. The average molecular weight is 286 g/mol. The van der Waals surface area contributed by atoms with Crippen molar-refractivity contribution in [2.24, 2.45) is 0 Å². The third-order valence-corrected chi connectivity index (χ3v) is 2.14. The van der Waals surface area contributed by atoms with E-state index >= 15 is 0 Å². The Morgan fingerprint density at radius 1 is 1.45 bits per heavy atom. The Balaban J connectivity index is 0.000001000. The molecule has 2 nitrogen and oxygen atoms in total. The first-order valence-corrected chi connectivity index (χ1v) is 3.91. The second-order valence-electron chi connectivity index (χ2n) is 1.89. The Labute approximate surface area is 85.7 Å². The van der Waals surface area contributed by atoms with Crippen LogP contribution in [0.5, 0.6) is 5.75 Å². The van der Waals surface area contributed by atoms with Crippen LogP contribution < -0.4 is 10.5 Å². The number of nitrogen functional groups attached to an aromatic ring is 1. The van der Waals surface area contributed by atoms with Gasteiger partial charge in [0.25, 0.3) is 0 Å². The van der Waals surface area contributed by atoms with Gasteiger partial charge in [0.1, 0.15) is 5.75 Å². The summed E-state index contributed by atoms with van der Waals surface area (Å²) in [6.07, 6.45) is 0. The first-order valence-electron chi connectivity index (χ1n) is 2.83. The average Bonchev–Trinajstić information content (AvgIpc) is 1.95. The predicted molar refractivity (Wildman–Crippen MR) is 57.4 cm³/mol. The van der Waals surface area contributed by atoms with E-state index in [9.17, 15) is 0 Å². The number of ether oxygens (including phenoxy) is 1. The molecule has 2 N–H and O–H groups in total. The molecule has 0 unspecified atom stereocenters. The van der Waals surface area contributed by atoms with E-state index in [-0.39, 0.29) is 12.4 Å². The maximum Gasteiger partial charge on any atom is 0.120 e. The number of methoxy groups -OCH3 is 1. The van der Waals surface area contributed by atoms with Gasteiger partial charge in [0.05, 0.1) is 7.11 Å². The Kier molecular flexibility index (Phi) is 4.60. The second-order valence-corrected chi connectivity index (χ2v) is 3.05. The van der Waals surface area contributed by atoms with E-state index in [0.29, 0.717) is 0 Å². The maximum atomic E-state index is 5.58. The third kappa shape index (κ3) is 2.75. The molecule has 0 bridgehead atoms. The van der Waals surface area contributed by atoms with Gasteiger partial charge in [-0.2, -0.15) is 0 Å². The molecule has 4 heteroatoms. The number of hydrogen-bond acceptors (Lipinski definition) is 2. The topological polar surface area (TPSA) is 35.2 Å². The SMILES string of the molecule is COc1ccc(N)c(I)c1.Cl. The summed E-state index contributed by atoms with van der Waals surface area (Å²) in [7, 11) is 1.64. The summed E-state index contributed by atoms with van der Waals surface area (Å²) in [6.45, 7) is 0. The van der Waals surface area contributed by atoms with Crippen LogP contribution in [0.25, 0.3) is 0 Å². The van der Waals surface area contributed by atoms with E-state index in [0.717, 1.165) is 15.0 Å². The van der Waals surface area contributed by atoms with Crippen LogP contribution in [-0.2, 0) is 0 Å². The zero-order chi connectivity index (χ0) is 7.56. The molecule has 62 valence electrons. The van der Waals surface area contributed by atoms with Crippen molar-refractivity contribution in [2.45, 2.75) is 0 Å². The Bertz CT molecular complexity index is 242. The van der Waals surface area contributed by atoms with E-state index in [1.54, 1.807) is 7.11 Å². The van der Waals surface area contributed by atoms with Crippen molar-refractivity contribution in [3.05, 3.63) is 21.8 Å². The number of benzene rings is 1. The van der Waals surface area contributed by atoms with Gasteiger partial charge in [0, 0.05) is 9.26 Å². The van der Waals surface area contributed by atoms with E-state index in [1.807, 2.05) is 18.2 Å². The second kappa shape index (κ2) is 4.66. The fourth-order valence-corrected chi connectivity index (χ4v) is 1.12. The van der Waals surface area contributed by atoms with Crippen LogP contribution in [0.2, 0.25) is 0 Å². The van der Waals surface area contributed by atoms with Gasteiger partial charge in [0.2, 0.25) is 0 Å². The van der Waals surface area contributed by atoms with Crippen molar-refractivity contribution >= 4 is 40.7 Å². The molecule has 0 amide bonds. The van der Waals surface area contributed by atoms with Crippen LogP contribution in [0, 0.1) is 3.57 Å². The summed E-state index contributed by atoms with van der Waals surface area (Å²) in [6, 6.07) is 5.58. The molecule has 0 fully saturated rings. The minimum absolute atomic E-state index is 0. The summed E-state index contributed by atoms with van der Waals surface area (Å²) < 4.78 is 6.01. The smallest absolute Gasteiger partial charge is 0.120 e. The highest BCUT2D eigenvalue weighted by molar-refractivity contribution is 14.1. The lowest BCUT2D eigenvalue weighted by atomic mass is 10.3. The van der Waals surface area contributed by atoms with E-state index in [2.05, 4.69) is 22.6 Å².